The molecular weight excluding hydrogens is 316 g/mol. The highest BCUT2D eigenvalue weighted by atomic mass is 32.2. The highest BCUT2D eigenvalue weighted by Crippen LogP contribution is 2.24. The van der Waals surface area contributed by atoms with Gasteiger partial charge in [-0.3, -0.25) is 4.79 Å². The normalized spacial score (nSPS) is 10.6. The van der Waals surface area contributed by atoms with Crippen LogP contribution in [-0.4, -0.2) is 17.1 Å². The van der Waals surface area contributed by atoms with E-state index in [0.29, 0.717) is 0 Å². The Morgan fingerprint density at radius 1 is 1.32 bits per heavy atom. The van der Waals surface area contributed by atoms with Crippen molar-refractivity contribution in [3.05, 3.63) is 53.7 Å². The van der Waals surface area contributed by atoms with E-state index in [2.05, 4.69) is 10.3 Å². The van der Waals surface area contributed by atoms with Crippen molar-refractivity contribution < 1.29 is 9.21 Å². The number of rotatable bonds is 5. The zero-order chi connectivity index (χ0) is 15.4. The number of thiazole rings is 1. The van der Waals surface area contributed by atoms with Gasteiger partial charge in [-0.2, -0.15) is 0 Å². The van der Waals surface area contributed by atoms with Crippen molar-refractivity contribution in [1.29, 1.82) is 0 Å². The molecule has 0 aliphatic carbocycles. The van der Waals surface area contributed by atoms with E-state index in [1.165, 1.54) is 16.2 Å². The molecule has 0 unspecified atom stereocenters. The van der Waals surface area contributed by atoms with Crippen LogP contribution in [0.5, 0.6) is 0 Å². The van der Waals surface area contributed by atoms with Gasteiger partial charge in [0.15, 0.2) is 10.8 Å². The molecule has 4 nitrogen and oxygen atoms in total. The zero-order valence-corrected chi connectivity index (χ0v) is 13.5. The predicted octanol–water partition coefficient (Wildman–Crippen LogP) is 4.31. The van der Waals surface area contributed by atoms with E-state index in [4.69, 9.17) is 4.42 Å². The average Bonchev–Trinajstić information content (AvgIpc) is 3.19. The minimum atomic E-state index is -0.0757. The van der Waals surface area contributed by atoms with Crippen molar-refractivity contribution in [3.63, 3.8) is 0 Å². The van der Waals surface area contributed by atoms with Gasteiger partial charge in [0, 0.05) is 16.0 Å². The molecule has 0 fully saturated rings. The summed E-state index contributed by atoms with van der Waals surface area (Å²) in [5.41, 5.74) is 1.54. The van der Waals surface area contributed by atoms with Crippen LogP contribution in [0.2, 0.25) is 0 Å². The van der Waals surface area contributed by atoms with Gasteiger partial charge in [0.1, 0.15) is 0 Å². The third-order valence-electron chi connectivity index (χ3n) is 3.00. The Hall–Kier alpha value is -2.05. The lowest BCUT2D eigenvalue weighted by Crippen LogP contribution is -2.14. The maximum absolute atomic E-state index is 12.1. The van der Waals surface area contributed by atoms with Gasteiger partial charge < -0.3 is 9.73 Å². The number of benzene rings is 1. The summed E-state index contributed by atoms with van der Waals surface area (Å²) >= 11 is 3.14. The third-order valence-corrected chi connectivity index (χ3v) is 4.65. The Bertz CT molecular complexity index is 749. The molecule has 112 valence electrons. The fourth-order valence-corrected chi connectivity index (χ4v) is 3.14. The Kier molecular flexibility index (Phi) is 4.60. The van der Waals surface area contributed by atoms with Gasteiger partial charge in [-0.05, 0) is 42.7 Å². The van der Waals surface area contributed by atoms with Crippen LogP contribution in [0.15, 0.2) is 57.4 Å². The molecule has 3 rings (SSSR count). The summed E-state index contributed by atoms with van der Waals surface area (Å²) in [5, 5.41) is 5.55. The molecule has 0 atom stereocenters. The number of nitrogens with zero attached hydrogens (tertiary/aromatic N) is 1. The summed E-state index contributed by atoms with van der Waals surface area (Å²) in [5.74, 6) is 0.650. The summed E-state index contributed by atoms with van der Waals surface area (Å²) in [4.78, 5) is 17.6. The second-order valence-electron chi connectivity index (χ2n) is 4.57. The Balaban J connectivity index is 1.61. The van der Waals surface area contributed by atoms with Gasteiger partial charge in [-0.1, -0.05) is 0 Å². The number of nitrogens with one attached hydrogen (secondary N) is 1. The first-order chi connectivity index (χ1) is 10.7. The first-order valence-corrected chi connectivity index (χ1v) is 8.77. The molecule has 1 N–H and O–H groups in total. The average molecular weight is 330 g/mol. The van der Waals surface area contributed by atoms with Crippen LogP contribution in [0, 0.1) is 0 Å². The lowest BCUT2D eigenvalue weighted by atomic mass is 10.3. The van der Waals surface area contributed by atoms with Crippen LogP contribution in [0.25, 0.3) is 10.8 Å². The van der Waals surface area contributed by atoms with E-state index in [1.54, 1.807) is 18.0 Å². The molecule has 2 aromatic heterocycles. The van der Waals surface area contributed by atoms with Gasteiger partial charge in [0.25, 0.3) is 0 Å². The van der Waals surface area contributed by atoms with E-state index in [0.717, 1.165) is 22.1 Å². The number of amides is 1. The zero-order valence-electron chi connectivity index (χ0n) is 11.9. The van der Waals surface area contributed by atoms with Crippen molar-refractivity contribution in [1.82, 2.24) is 4.98 Å². The number of hydrogen-bond acceptors (Lipinski definition) is 5. The van der Waals surface area contributed by atoms with Gasteiger partial charge in [0.2, 0.25) is 5.91 Å². The largest absolute Gasteiger partial charge is 0.462 e. The first-order valence-electron chi connectivity index (χ1n) is 6.67. The summed E-state index contributed by atoms with van der Waals surface area (Å²) in [6.07, 6.45) is 3.88. The van der Waals surface area contributed by atoms with E-state index in [9.17, 15) is 4.79 Å². The second-order valence-corrected chi connectivity index (χ2v) is 6.31. The van der Waals surface area contributed by atoms with Gasteiger partial charge in [-0.25, -0.2) is 4.98 Å². The maximum Gasteiger partial charge on any atom is 0.230 e. The Morgan fingerprint density at radius 3 is 2.82 bits per heavy atom. The molecule has 0 aliphatic heterocycles. The molecular formula is C16H14N2O2S2. The quantitative estimate of drug-likeness (QED) is 0.708. The Labute approximate surface area is 136 Å². The number of carbonyl (C=O) groups is 1. The van der Waals surface area contributed by atoms with Crippen molar-refractivity contribution in [2.24, 2.45) is 0 Å². The minimum absolute atomic E-state index is 0.0757. The molecule has 0 aliphatic rings. The number of thioether (sulfide) groups is 1. The standard InChI is InChI=1S/C16H14N2O2S2/c1-21-13-6-4-11(5-7-13)17-15(19)9-12-10-22-16(18-12)14-3-2-8-20-14/h2-8,10H,9H2,1H3,(H,17,19). The van der Waals surface area contributed by atoms with Gasteiger partial charge in [0.05, 0.1) is 18.4 Å². The van der Waals surface area contributed by atoms with E-state index in [1.807, 2.05) is 48.0 Å². The molecule has 1 aromatic carbocycles. The number of anilines is 1. The van der Waals surface area contributed by atoms with E-state index < -0.39 is 0 Å². The molecule has 2 heterocycles. The minimum Gasteiger partial charge on any atom is -0.462 e. The molecule has 0 bridgehead atoms. The van der Waals surface area contributed by atoms with E-state index >= 15 is 0 Å². The molecule has 1 amide bonds. The number of furan rings is 1. The molecule has 22 heavy (non-hydrogen) atoms. The molecule has 3 aromatic rings. The lowest BCUT2D eigenvalue weighted by molar-refractivity contribution is -0.115. The highest BCUT2D eigenvalue weighted by Gasteiger charge is 2.10. The summed E-state index contributed by atoms with van der Waals surface area (Å²) in [6, 6.07) is 11.5. The highest BCUT2D eigenvalue weighted by molar-refractivity contribution is 7.98. The van der Waals surface area contributed by atoms with Crippen molar-refractivity contribution in [2.45, 2.75) is 11.3 Å². The molecule has 6 heteroatoms. The molecule has 0 spiro atoms. The molecule has 0 saturated carbocycles. The van der Waals surface area contributed by atoms with Crippen LogP contribution in [0.3, 0.4) is 0 Å². The van der Waals surface area contributed by atoms with Crippen molar-refractivity contribution in [3.8, 4) is 10.8 Å². The number of aromatic nitrogens is 1. The molecule has 0 saturated heterocycles. The second kappa shape index (κ2) is 6.81. The lowest BCUT2D eigenvalue weighted by Gasteiger charge is -2.04. The third kappa shape index (κ3) is 3.58. The summed E-state index contributed by atoms with van der Waals surface area (Å²) in [7, 11) is 0. The van der Waals surface area contributed by atoms with E-state index in [-0.39, 0.29) is 12.3 Å². The summed E-state index contributed by atoms with van der Waals surface area (Å²) < 4.78 is 5.30. The predicted molar refractivity (Wildman–Crippen MR) is 90.4 cm³/mol. The number of hydrogen-bond donors (Lipinski definition) is 1. The van der Waals surface area contributed by atoms with Gasteiger partial charge >= 0.3 is 0 Å². The van der Waals surface area contributed by atoms with Crippen LogP contribution in [-0.2, 0) is 11.2 Å². The smallest absolute Gasteiger partial charge is 0.230 e. The topological polar surface area (TPSA) is 55.1 Å². The Morgan fingerprint density at radius 2 is 2.14 bits per heavy atom. The molecule has 0 radical (unpaired) electrons. The monoisotopic (exact) mass is 330 g/mol. The van der Waals surface area contributed by atoms with Gasteiger partial charge in [-0.15, -0.1) is 23.1 Å². The fraction of sp³-hybridized carbons (Fsp3) is 0.125. The number of carbonyl (C=O) groups excluding carboxylic acids is 1. The summed E-state index contributed by atoms with van der Waals surface area (Å²) in [6.45, 7) is 0. The SMILES string of the molecule is CSc1ccc(NC(=O)Cc2csc(-c3ccco3)n2)cc1. The van der Waals surface area contributed by atoms with Crippen molar-refractivity contribution >= 4 is 34.7 Å². The van der Waals surface area contributed by atoms with Crippen LogP contribution >= 0.6 is 23.1 Å². The van der Waals surface area contributed by atoms with Crippen LogP contribution in [0.1, 0.15) is 5.69 Å². The van der Waals surface area contributed by atoms with Crippen LogP contribution in [0.4, 0.5) is 5.69 Å². The maximum atomic E-state index is 12.1. The fourth-order valence-electron chi connectivity index (χ4n) is 1.95. The first kappa shape index (κ1) is 14.9. The van der Waals surface area contributed by atoms with Crippen LogP contribution < -0.4 is 5.32 Å². The van der Waals surface area contributed by atoms with Crippen molar-refractivity contribution in [2.75, 3.05) is 11.6 Å².